The third kappa shape index (κ3) is 1.75. The van der Waals surface area contributed by atoms with E-state index in [4.69, 9.17) is 4.74 Å². The van der Waals surface area contributed by atoms with E-state index in [2.05, 4.69) is 0 Å². The monoisotopic (exact) mass is 233 g/mol. The van der Waals surface area contributed by atoms with Gasteiger partial charge in [0.25, 0.3) is 0 Å². The molecule has 0 aliphatic heterocycles. The van der Waals surface area contributed by atoms with Crippen molar-refractivity contribution in [3.63, 3.8) is 0 Å². The van der Waals surface area contributed by atoms with Crippen molar-refractivity contribution in [3.8, 4) is 5.75 Å². The van der Waals surface area contributed by atoms with Gasteiger partial charge in [0.1, 0.15) is 0 Å². The number of benzene rings is 1. The maximum Gasteiger partial charge on any atom is 0.356 e. The van der Waals surface area contributed by atoms with Gasteiger partial charge in [-0.3, -0.25) is 0 Å². The molecule has 0 atom stereocenters. The maximum absolute atomic E-state index is 11.3. The van der Waals surface area contributed by atoms with Gasteiger partial charge in [0.15, 0.2) is 11.4 Å². The molecule has 1 aromatic carbocycles. The first kappa shape index (κ1) is 11.5. The molecule has 0 aliphatic carbocycles. The molecule has 0 saturated heterocycles. The summed E-state index contributed by atoms with van der Waals surface area (Å²) in [5.74, 6) is -0.506. The van der Waals surface area contributed by atoms with Crippen molar-refractivity contribution in [2.24, 2.45) is 0 Å². The van der Waals surface area contributed by atoms with E-state index in [-0.39, 0.29) is 5.69 Å². The summed E-state index contributed by atoms with van der Waals surface area (Å²) < 4.78 is 7.05. The fourth-order valence-electron chi connectivity index (χ4n) is 2.15. The van der Waals surface area contributed by atoms with Crippen LogP contribution in [0.1, 0.15) is 23.8 Å². The number of nitrogens with zero attached hydrogens (tertiary/aromatic N) is 1. The van der Waals surface area contributed by atoms with E-state index in [1.165, 1.54) is 7.11 Å². The van der Waals surface area contributed by atoms with E-state index in [1.54, 1.807) is 4.57 Å². The maximum atomic E-state index is 11.3. The van der Waals surface area contributed by atoms with Crippen LogP contribution in [-0.2, 0) is 6.54 Å². The summed E-state index contributed by atoms with van der Waals surface area (Å²) in [6, 6.07) is 7.58. The van der Waals surface area contributed by atoms with Crippen LogP contribution >= 0.6 is 0 Å². The van der Waals surface area contributed by atoms with Gasteiger partial charge in [-0.2, -0.15) is 0 Å². The third-order valence-corrected chi connectivity index (χ3v) is 2.78. The molecular weight excluding hydrogens is 218 g/mol. The number of fused-ring (bicyclic) bond motifs is 1. The number of ether oxygens (including phenoxy) is 1. The molecule has 17 heavy (non-hydrogen) atoms. The molecule has 2 aromatic rings. The number of hydrogen-bond donors (Lipinski definition) is 1. The topological polar surface area (TPSA) is 51.5 Å². The average Bonchev–Trinajstić information content (AvgIpc) is 2.64. The number of carboxylic acid groups (broad SMARTS) is 1. The molecule has 2 rings (SSSR count). The number of aromatic nitrogens is 1. The van der Waals surface area contributed by atoms with Crippen LogP contribution in [0.5, 0.6) is 5.75 Å². The van der Waals surface area contributed by atoms with Gasteiger partial charge in [-0.05, 0) is 18.6 Å². The lowest BCUT2D eigenvalue weighted by Crippen LogP contribution is -2.09. The van der Waals surface area contributed by atoms with Crippen LogP contribution < -0.4 is 4.74 Å². The minimum Gasteiger partial charge on any atom is -0.494 e. The number of hydrogen-bond acceptors (Lipinski definition) is 2. The number of rotatable bonds is 4. The molecule has 90 valence electrons. The Bertz CT molecular complexity index is 557. The van der Waals surface area contributed by atoms with Crippen LogP contribution in [0.4, 0.5) is 0 Å². The molecule has 0 saturated carbocycles. The summed E-state index contributed by atoms with van der Waals surface area (Å²) in [6.45, 7) is 2.69. The number of aryl methyl sites for hydroxylation is 1. The van der Waals surface area contributed by atoms with Crippen LogP contribution in [0.2, 0.25) is 0 Å². The summed E-state index contributed by atoms with van der Waals surface area (Å²) in [6.07, 6.45) is 0.877. The number of carbonyl (C=O) groups is 1. The number of methoxy groups -OCH3 is 1. The summed E-state index contributed by atoms with van der Waals surface area (Å²) >= 11 is 0. The van der Waals surface area contributed by atoms with E-state index in [0.29, 0.717) is 12.3 Å². The molecule has 0 fully saturated rings. The van der Waals surface area contributed by atoms with Crippen LogP contribution in [0.15, 0.2) is 24.3 Å². The van der Waals surface area contributed by atoms with Gasteiger partial charge in [-0.15, -0.1) is 0 Å². The zero-order valence-corrected chi connectivity index (χ0v) is 9.93. The Hall–Kier alpha value is -1.97. The Labute approximate surface area is 99.4 Å². The van der Waals surface area contributed by atoms with Gasteiger partial charge in [-0.25, -0.2) is 4.79 Å². The molecule has 1 aromatic heterocycles. The SMILES string of the molecule is CCCn1c(C(=O)O)c(OC)c2ccccc21. The highest BCUT2D eigenvalue weighted by Gasteiger charge is 2.22. The third-order valence-electron chi connectivity index (χ3n) is 2.78. The van der Waals surface area contributed by atoms with Crippen LogP contribution in [0, 0.1) is 0 Å². The lowest BCUT2D eigenvalue weighted by molar-refractivity contribution is 0.0682. The fraction of sp³-hybridized carbons (Fsp3) is 0.308. The number of carboxylic acids is 1. The molecule has 4 nitrogen and oxygen atoms in total. The van der Waals surface area contributed by atoms with Crippen molar-refractivity contribution < 1.29 is 14.6 Å². The van der Waals surface area contributed by atoms with E-state index < -0.39 is 5.97 Å². The van der Waals surface area contributed by atoms with Crippen molar-refractivity contribution in [1.82, 2.24) is 4.57 Å². The van der Waals surface area contributed by atoms with E-state index in [1.807, 2.05) is 31.2 Å². The quantitative estimate of drug-likeness (QED) is 0.883. The minimum absolute atomic E-state index is 0.232. The van der Waals surface area contributed by atoms with Crippen LogP contribution in [0.25, 0.3) is 10.9 Å². The molecule has 1 N–H and O–H groups in total. The molecule has 0 amide bonds. The van der Waals surface area contributed by atoms with E-state index in [9.17, 15) is 9.90 Å². The predicted octanol–water partition coefficient (Wildman–Crippen LogP) is 2.76. The Balaban J connectivity index is 2.82. The standard InChI is InChI=1S/C13H15NO3/c1-3-8-14-10-7-5-4-6-9(10)12(17-2)11(14)13(15)16/h4-7H,3,8H2,1-2H3,(H,15,16). The second-order valence-electron chi connectivity index (χ2n) is 3.86. The number of para-hydroxylation sites is 1. The zero-order chi connectivity index (χ0) is 12.4. The van der Waals surface area contributed by atoms with Crippen molar-refractivity contribution in [2.75, 3.05) is 7.11 Å². The Kier molecular flexibility index (Phi) is 3.04. The van der Waals surface area contributed by atoms with Crippen molar-refractivity contribution in [3.05, 3.63) is 30.0 Å². The first-order chi connectivity index (χ1) is 8.20. The smallest absolute Gasteiger partial charge is 0.356 e. The fourth-order valence-corrected chi connectivity index (χ4v) is 2.15. The molecule has 0 aliphatic rings. The first-order valence-electron chi connectivity index (χ1n) is 5.59. The molecule has 0 spiro atoms. The summed E-state index contributed by atoms with van der Waals surface area (Å²) in [7, 11) is 1.50. The van der Waals surface area contributed by atoms with Gasteiger partial charge in [0.2, 0.25) is 0 Å². The summed E-state index contributed by atoms with van der Waals surface area (Å²) in [5, 5.41) is 10.2. The lowest BCUT2D eigenvalue weighted by atomic mass is 10.2. The Morgan fingerprint density at radius 3 is 2.71 bits per heavy atom. The lowest BCUT2D eigenvalue weighted by Gasteiger charge is -2.06. The first-order valence-corrected chi connectivity index (χ1v) is 5.59. The molecule has 1 heterocycles. The highest BCUT2D eigenvalue weighted by atomic mass is 16.5. The van der Waals surface area contributed by atoms with Gasteiger partial charge in [-0.1, -0.05) is 19.1 Å². The largest absolute Gasteiger partial charge is 0.494 e. The van der Waals surface area contributed by atoms with Gasteiger partial charge >= 0.3 is 5.97 Å². The Morgan fingerprint density at radius 1 is 1.41 bits per heavy atom. The molecule has 0 bridgehead atoms. The second kappa shape index (κ2) is 4.49. The molecular formula is C13H15NO3. The van der Waals surface area contributed by atoms with Crippen molar-refractivity contribution >= 4 is 16.9 Å². The second-order valence-corrected chi connectivity index (χ2v) is 3.86. The normalized spacial score (nSPS) is 10.7. The number of aromatic carboxylic acids is 1. The Morgan fingerprint density at radius 2 is 2.12 bits per heavy atom. The highest BCUT2D eigenvalue weighted by Crippen LogP contribution is 2.33. The molecule has 0 radical (unpaired) electrons. The predicted molar refractivity (Wildman–Crippen MR) is 65.7 cm³/mol. The van der Waals surface area contributed by atoms with Gasteiger partial charge in [0, 0.05) is 11.9 Å². The average molecular weight is 233 g/mol. The minimum atomic E-state index is -0.952. The summed E-state index contributed by atoms with van der Waals surface area (Å²) in [5.41, 5.74) is 1.14. The molecule has 4 heteroatoms. The van der Waals surface area contributed by atoms with Crippen LogP contribution in [0.3, 0.4) is 0 Å². The van der Waals surface area contributed by atoms with E-state index >= 15 is 0 Å². The van der Waals surface area contributed by atoms with Crippen LogP contribution in [-0.4, -0.2) is 22.8 Å². The van der Waals surface area contributed by atoms with Gasteiger partial charge in [0.05, 0.1) is 12.6 Å². The molecule has 0 unspecified atom stereocenters. The summed E-state index contributed by atoms with van der Waals surface area (Å²) in [4.78, 5) is 11.3. The van der Waals surface area contributed by atoms with Crippen molar-refractivity contribution in [1.29, 1.82) is 0 Å². The van der Waals surface area contributed by atoms with Gasteiger partial charge < -0.3 is 14.4 Å². The highest BCUT2D eigenvalue weighted by molar-refractivity contribution is 6.01. The van der Waals surface area contributed by atoms with E-state index in [0.717, 1.165) is 17.3 Å². The van der Waals surface area contributed by atoms with Crippen molar-refractivity contribution in [2.45, 2.75) is 19.9 Å². The zero-order valence-electron chi connectivity index (χ0n) is 9.93.